The largest absolute Gasteiger partial charge is 0.370 e. The van der Waals surface area contributed by atoms with Crippen molar-refractivity contribution in [3.63, 3.8) is 0 Å². The summed E-state index contributed by atoms with van der Waals surface area (Å²) in [6.45, 7) is 5.87. The summed E-state index contributed by atoms with van der Waals surface area (Å²) in [4.78, 5) is 2.39. The molecule has 2 nitrogen and oxygen atoms in total. The quantitative estimate of drug-likeness (QED) is 0.904. The zero-order valence-corrected chi connectivity index (χ0v) is 11.7. The number of rotatable bonds is 4. The van der Waals surface area contributed by atoms with E-state index in [1.807, 2.05) is 17.8 Å². The van der Waals surface area contributed by atoms with Gasteiger partial charge in [0, 0.05) is 31.1 Å². The van der Waals surface area contributed by atoms with E-state index in [2.05, 4.69) is 17.1 Å². The lowest BCUT2D eigenvalue weighted by Gasteiger charge is -2.25. The molecule has 0 spiro atoms. The number of hydrogen-bond donors (Lipinski definition) is 1. The minimum Gasteiger partial charge on any atom is -0.370 e. The molecule has 0 aliphatic carbocycles. The predicted octanol–water partition coefficient (Wildman–Crippen LogP) is 2.88. The first-order valence-electron chi connectivity index (χ1n) is 6.63. The number of anilines is 1. The van der Waals surface area contributed by atoms with Crippen LogP contribution in [0.15, 0.2) is 18.2 Å². The average Bonchev–Trinajstić information content (AvgIpc) is 2.65. The molecule has 2 rings (SSSR count). The Hall–Kier alpha value is -0.740. The van der Waals surface area contributed by atoms with Gasteiger partial charge >= 0.3 is 0 Å². The van der Waals surface area contributed by atoms with Gasteiger partial charge in [-0.25, -0.2) is 4.39 Å². The second kappa shape index (κ2) is 7.00. The molecule has 1 saturated heterocycles. The van der Waals surface area contributed by atoms with Gasteiger partial charge in [-0.15, -0.1) is 0 Å². The highest BCUT2D eigenvalue weighted by molar-refractivity contribution is 7.99. The van der Waals surface area contributed by atoms with E-state index in [1.165, 1.54) is 17.9 Å². The molecule has 1 heterocycles. The Balaban J connectivity index is 2.18. The number of thioether (sulfide) groups is 1. The van der Waals surface area contributed by atoms with E-state index in [9.17, 15) is 4.39 Å². The van der Waals surface area contributed by atoms with Gasteiger partial charge in [-0.2, -0.15) is 11.8 Å². The molecule has 1 fully saturated rings. The average molecular weight is 268 g/mol. The van der Waals surface area contributed by atoms with E-state index in [0.29, 0.717) is 0 Å². The maximum Gasteiger partial charge on any atom is 0.123 e. The standard InChI is InChI=1S/C14H21FN2S/c1-2-16-11-12-10-13(15)4-5-14(12)17-6-3-8-18-9-7-17/h4-5,10,16H,2-3,6-9,11H2,1H3. The Labute approximate surface area is 113 Å². The minimum absolute atomic E-state index is 0.143. The molecule has 0 bridgehead atoms. The fourth-order valence-electron chi connectivity index (χ4n) is 2.25. The van der Waals surface area contributed by atoms with Gasteiger partial charge in [0.2, 0.25) is 0 Å². The molecule has 1 aliphatic rings. The zero-order valence-electron chi connectivity index (χ0n) is 10.9. The van der Waals surface area contributed by atoms with Gasteiger partial charge in [0.15, 0.2) is 0 Å². The van der Waals surface area contributed by atoms with E-state index in [1.54, 1.807) is 12.1 Å². The maximum atomic E-state index is 13.4. The van der Waals surface area contributed by atoms with Crippen LogP contribution in [0.25, 0.3) is 0 Å². The third kappa shape index (κ3) is 3.62. The predicted molar refractivity (Wildman–Crippen MR) is 77.9 cm³/mol. The second-order valence-electron chi connectivity index (χ2n) is 4.51. The summed E-state index contributed by atoms with van der Waals surface area (Å²) in [6, 6.07) is 5.16. The fraction of sp³-hybridized carbons (Fsp3) is 0.571. The summed E-state index contributed by atoms with van der Waals surface area (Å²) < 4.78 is 13.4. The number of benzene rings is 1. The SMILES string of the molecule is CCNCc1cc(F)ccc1N1CCCSCC1. The van der Waals surface area contributed by atoms with Crippen LogP contribution in [0.1, 0.15) is 18.9 Å². The summed E-state index contributed by atoms with van der Waals surface area (Å²) in [5.74, 6) is 2.26. The van der Waals surface area contributed by atoms with Crippen LogP contribution in [0.4, 0.5) is 10.1 Å². The van der Waals surface area contributed by atoms with Crippen molar-refractivity contribution in [2.24, 2.45) is 0 Å². The lowest BCUT2D eigenvalue weighted by Crippen LogP contribution is -2.27. The van der Waals surface area contributed by atoms with E-state index < -0.39 is 0 Å². The molecule has 1 aromatic carbocycles. The van der Waals surface area contributed by atoms with E-state index in [-0.39, 0.29) is 5.82 Å². The van der Waals surface area contributed by atoms with Crippen LogP contribution in [0.2, 0.25) is 0 Å². The summed E-state index contributed by atoms with van der Waals surface area (Å²) in [7, 11) is 0. The molecule has 18 heavy (non-hydrogen) atoms. The first kappa shape index (κ1) is 13.7. The van der Waals surface area contributed by atoms with Gasteiger partial charge in [0.25, 0.3) is 0 Å². The maximum absolute atomic E-state index is 13.4. The first-order chi connectivity index (χ1) is 8.81. The topological polar surface area (TPSA) is 15.3 Å². The molecule has 0 saturated carbocycles. The Morgan fingerprint density at radius 1 is 1.33 bits per heavy atom. The molecular formula is C14H21FN2S. The van der Waals surface area contributed by atoms with Gasteiger partial charge in [-0.05, 0) is 42.5 Å². The molecule has 0 radical (unpaired) electrons. The van der Waals surface area contributed by atoms with Crippen LogP contribution in [0, 0.1) is 5.82 Å². The van der Waals surface area contributed by atoms with E-state index in [0.717, 1.165) is 37.5 Å². The Morgan fingerprint density at radius 2 is 2.22 bits per heavy atom. The highest BCUT2D eigenvalue weighted by Crippen LogP contribution is 2.24. The molecule has 4 heteroatoms. The molecule has 0 unspecified atom stereocenters. The van der Waals surface area contributed by atoms with Crippen molar-refractivity contribution in [1.82, 2.24) is 5.32 Å². The van der Waals surface area contributed by atoms with Gasteiger partial charge in [-0.3, -0.25) is 0 Å². The summed E-state index contributed by atoms with van der Waals surface area (Å²) in [5.41, 5.74) is 2.27. The zero-order chi connectivity index (χ0) is 12.8. The summed E-state index contributed by atoms with van der Waals surface area (Å²) >= 11 is 2.01. The Morgan fingerprint density at radius 3 is 3.06 bits per heavy atom. The highest BCUT2D eigenvalue weighted by atomic mass is 32.2. The second-order valence-corrected chi connectivity index (χ2v) is 5.73. The molecule has 1 aliphatic heterocycles. The number of halogens is 1. The molecule has 0 aromatic heterocycles. The van der Waals surface area contributed by atoms with Crippen LogP contribution in [-0.2, 0) is 6.54 Å². The monoisotopic (exact) mass is 268 g/mol. The van der Waals surface area contributed by atoms with Gasteiger partial charge < -0.3 is 10.2 Å². The molecule has 1 N–H and O–H groups in total. The molecule has 100 valence electrons. The van der Waals surface area contributed by atoms with Crippen LogP contribution >= 0.6 is 11.8 Å². The third-order valence-electron chi connectivity index (χ3n) is 3.17. The molecule has 0 amide bonds. The van der Waals surface area contributed by atoms with Gasteiger partial charge in [0.05, 0.1) is 0 Å². The van der Waals surface area contributed by atoms with Gasteiger partial charge in [0.1, 0.15) is 5.82 Å². The fourth-order valence-corrected chi connectivity index (χ4v) is 3.14. The van der Waals surface area contributed by atoms with Crippen LogP contribution < -0.4 is 10.2 Å². The third-order valence-corrected chi connectivity index (χ3v) is 4.22. The Bertz CT molecular complexity index is 376. The van der Waals surface area contributed by atoms with Gasteiger partial charge in [-0.1, -0.05) is 6.92 Å². The lowest BCUT2D eigenvalue weighted by molar-refractivity contribution is 0.621. The number of hydrogen-bond acceptors (Lipinski definition) is 3. The van der Waals surface area contributed by atoms with Crippen molar-refractivity contribution >= 4 is 17.4 Å². The normalized spacial score (nSPS) is 16.7. The van der Waals surface area contributed by atoms with Crippen molar-refractivity contribution < 1.29 is 4.39 Å². The van der Waals surface area contributed by atoms with Crippen molar-refractivity contribution in [2.45, 2.75) is 19.9 Å². The molecule has 1 aromatic rings. The van der Waals surface area contributed by atoms with Crippen molar-refractivity contribution in [3.8, 4) is 0 Å². The molecular weight excluding hydrogens is 247 g/mol. The molecule has 0 atom stereocenters. The van der Waals surface area contributed by atoms with Crippen LogP contribution in [0.5, 0.6) is 0 Å². The number of nitrogens with zero attached hydrogens (tertiary/aromatic N) is 1. The lowest BCUT2D eigenvalue weighted by atomic mass is 10.1. The highest BCUT2D eigenvalue weighted by Gasteiger charge is 2.14. The summed E-state index contributed by atoms with van der Waals surface area (Å²) in [5, 5.41) is 3.29. The van der Waals surface area contributed by atoms with Crippen molar-refractivity contribution in [2.75, 3.05) is 36.0 Å². The number of nitrogens with one attached hydrogen (secondary N) is 1. The van der Waals surface area contributed by atoms with E-state index >= 15 is 0 Å². The van der Waals surface area contributed by atoms with E-state index in [4.69, 9.17) is 0 Å². The first-order valence-corrected chi connectivity index (χ1v) is 7.78. The van der Waals surface area contributed by atoms with Crippen molar-refractivity contribution in [3.05, 3.63) is 29.6 Å². The Kier molecular flexibility index (Phi) is 5.32. The summed E-state index contributed by atoms with van der Waals surface area (Å²) in [6.07, 6.45) is 1.21. The minimum atomic E-state index is -0.143. The van der Waals surface area contributed by atoms with Crippen LogP contribution in [-0.4, -0.2) is 31.1 Å². The van der Waals surface area contributed by atoms with Crippen molar-refractivity contribution in [1.29, 1.82) is 0 Å². The smallest absolute Gasteiger partial charge is 0.123 e. The van der Waals surface area contributed by atoms with Crippen LogP contribution in [0.3, 0.4) is 0 Å².